The number of aliphatic hydroxyl groups is 1. The SMILES string of the molecule is COc1ccc(OC)c(C2(O)CC3CC2C2CCCC32)c1. The van der Waals surface area contributed by atoms with Gasteiger partial charge in [0.15, 0.2) is 0 Å². The molecule has 5 atom stereocenters. The van der Waals surface area contributed by atoms with Crippen LogP contribution in [0.25, 0.3) is 0 Å². The molecule has 3 heteroatoms. The van der Waals surface area contributed by atoms with Crippen molar-refractivity contribution in [1.29, 1.82) is 0 Å². The number of benzene rings is 1. The highest BCUT2D eigenvalue weighted by Gasteiger charge is 2.61. The molecule has 0 radical (unpaired) electrons. The van der Waals surface area contributed by atoms with Crippen molar-refractivity contribution in [2.45, 2.75) is 37.7 Å². The second-order valence-electron chi connectivity index (χ2n) is 7.06. The average molecular weight is 288 g/mol. The molecule has 3 nitrogen and oxygen atoms in total. The van der Waals surface area contributed by atoms with Crippen LogP contribution in [0.1, 0.15) is 37.7 Å². The zero-order valence-corrected chi connectivity index (χ0v) is 12.8. The molecule has 3 saturated carbocycles. The van der Waals surface area contributed by atoms with Crippen molar-refractivity contribution < 1.29 is 14.6 Å². The molecule has 0 aromatic heterocycles. The van der Waals surface area contributed by atoms with Gasteiger partial charge in [0.25, 0.3) is 0 Å². The monoisotopic (exact) mass is 288 g/mol. The van der Waals surface area contributed by atoms with E-state index in [2.05, 4.69) is 0 Å². The third kappa shape index (κ3) is 1.76. The van der Waals surface area contributed by atoms with Crippen LogP contribution < -0.4 is 9.47 Å². The van der Waals surface area contributed by atoms with Gasteiger partial charge >= 0.3 is 0 Å². The largest absolute Gasteiger partial charge is 0.497 e. The van der Waals surface area contributed by atoms with E-state index in [-0.39, 0.29) is 0 Å². The van der Waals surface area contributed by atoms with Gasteiger partial charge in [0.2, 0.25) is 0 Å². The van der Waals surface area contributed by atoms with Gasteiger partial charge in [-0.3, -0.25) is 0 Å². The average Bonchev–Trinajstić information content (AvgIpc) is 3.18. The van der Waals surface area contributed by atoms with Crippen molar-refractivity contribution in [2.75, 3.05) is 14.2 Å². The van der Waals surface area contributed by atoms with E-state index in [1.54, 1.807) is 14.2 Å². The van der Waals surface area contributed by atoms with Gasteiger partial charge in [-0.2, -0.15) is 0 Å². The van der Waals surface area contributed by atoms with E-state index in [0.29, 0.717) is 17.8 Å². The molecule has 114 valence electrons. The summed E-state index contributed by atoms with van der Waals surface area (Å²) in [5.41, 5.74) is 0.206. The second-order valence-corrected chi connectivity index (χ2v) is 7.06. The van der Waals surface area contributed by atoms with Crippen LogP contribution in [0.3, 0.4) is 0 Å². The lowest BCUT2D eigenvalue weighted by atomic mass is 9.70. The lowest BCUT2D eigenvalue weighted by Gasteiger charge is -2.40. The Hall–Kier alpha value is -1.22. The summed E-state index contributed by atoms with van der Waals surface area (Å²) in [5, 5.41) is 11.5. The summed E-state index contributed by atoms with van der Waals surface area (Å²) in [4.78, 5) is 0. The summed E-state index contributed by atoms with van der Waals surface area (Å²) in [6, 6.07) is 5.80. The molecule has 21 heavy (non-hydrogen) atoms. The molecule has 5 unspecified atom stereocenters. The number of fused-ring (bicyclic) bond motifs is 5. The van der Waals surface area contributed by atoms with Gasteiger partial charge in [-0.1, -0.05) is 6.42 Å². The molecule has 0 saturated heterocycles. The van der Waals surface area contributed by atoms with Gasteiger partial charge in [0.1, 0.15) is 11.5 Å². The zero-order chi connectivity index (χ0) is 14.6. The van der Waals surface area contributed by atoms with Gasteiger partial charge in [0, 0.05) is 5.56 Å². The lowest BCUT2D eigenvalue weighted by molar-refractivity contribution is -0.0527. The Morgan fingerprint density at radius 2 is 1.95 bits per heavy atom. The van der Waals surface area contributed by atoms with Gasteiger partial charge < -0.3 is 14.6 Å². The standard InChI is InChI=1S/C18H24O3/c1-20-12-6-7-17(21-2)16(9-12)18(19)10-11-8-15(18)14-5-3-4-13(11)14/h6-7,9,11,13-15,19H,3-5,8,10H2,1-2H3. The lowest BCUT2D eigenvalue weighted by Crippen LogP contribution is -2.39. The molecule has 0 amide bonds. The predicted octanol–water partition coefficient (Wildman–Crippen LogP) is 3.35. The molecule has 1 N–H and O–H groups in total. The number of ether oxygens (including phenoxy) is 2. The Morgan fingerprint density at radius 1 is 1.14 bits per heavy atom. The Morgan fingerprint density at radius 3 is 2.71 bits per heavy atom. The molecular weight excluding hydrogens is 264 g/mol. The summed E-state index contributed by atoms with van der Waals surface area (Å²) in [6.45, 7) is 0. The fourth-order valence-electron chi connectivity index (χ4n) is 5.58. The summed E-state index contributed by atoms with van der Waals surface area (Å²) < 4.78 is 10.9. The van der Waals surface area contributed by atoms with Crippen molar-refractivity contribution in [2.24, 2.45) is 23.7 Å². The number of methoxy groups -OCH3 is 2. The third-order valence-electron chi connectivity index (χ3n) is 6.36. The Kier molecular flexibility index (Phi) is 2.97. The third-order valence-corrected chi connectivity index (χ3v) is 6.36. The van der Waals surface area contributed by atoms with Crippen LogP contribution in [-0.2, 0) is 5.60 Å². The van der Waals surface area contributed by atoms with E-state index in [4.69, 9.17) is 9.47 Å². The molecule has 3 aliphatic rings. The zero-order valence-electron chi connectivity index (χ0n) is 12.8. The summed E-state index contributed by atoms with van der Waals surface area (Å²) >= 11 is 0. The predicted molar refractivity (Wildman–Crippen MR) is 80.5 cm³/mol. The summed E-state index contributed by atoms with van der Waals surface area (Å²) in [5.74, 6) is 4.27. The van der Waals surface area contributed by atoms with Crippen LogP contribution >= 0.6 is 0 Å². The van der Waals surface area contributed by atoms with Gasteiger partial charge in [-0.15, -0.1) is 0 Å². The second kappa shape index (κ2) is 4.64. The minimum atomic E-state index is -0.726. The molecule has 4 rings (SSSR count). The van der Waals surface area contributed by atoms with E-state index < -0.39 is 5.60 Å². The highest BCUT2D eigenvalue weighted by atomic mass is 16.5. The minimum absolute atomic E-state index is 0.399. The van der Waals surface area contributed by atoms with Crippen molar-refractivity contribution in [3.05, 3.63) is 23.8 Å². The molecule has 3 aliphatic carbocycles. The topological polar surface area (TPSA) is 38.7 Å². The molecule has 1 aromatic carbocycles. The first-order valence-corrected chi connectivity index (χ1v) is 8.12. The highest BCUT2D eigenvalue weighted by molar-refractivity contribution is 5.45. The van der Waals surface area contributed by atoms with E-state index >= 15 is 0 Å². The van der Waals surface area contributed by atoms with Crippen LogP contribution in [0.2, 0.25) is 0 Å². The van der Waals surface area contributed by atoms with E-state index in [1.165, 1.54) is 25.7 Å². The molecular formula is C18H24O3. The van der Waals surface area contributed by atoms with Crippen molar-refractivity contribution >= 4 is 0 Å². The quantitative estimate of drug-likeness (QED) is 0.927. The van der Waals surface area contributed by atoms with Crippen LogP contribution in [0.5, 0.6) is 11.5 Å². The van der Waals surface area contributed by atoms with Gasteiger partial charge in [-0.05, 0) is 67.6 Å². The van der Waals surface area contributed by atoms with E-state index in [1.807, 2.05) is 18.2 Å². The molecule has 1 aromatic rings. The summed E-state index contributed by atoms with van der Waals surface area (Å²) in [7, 11) is 3.35. The Balaban J connectivity index is 1.76. The Labute approximate surface area is 126 Å². The molecule has 3 fully saturated rings. The molecule has 0 aliphatic heterocycles. The number of rotatable bonds is 3. The van der Waals surface area contributed by atoms with Crippen LogP contribution in [0.15, 0.2) is 18.2 Å². The first-order chi connectivity index (χ1) is 10.2. The molecule has 2 bridgehead atoms. The van der Waals surface area contributed by atoms with Gasteiger partial charge in [0.05, 0.1) is 19.8 Å². The highest BCUT2D eigenvalue weighted by Crippen LogP contribution is 2.66. The maximum Gasteiger partial charge on any atom is 0.125 e. The Bertz CT molecular complexity index is 555. The first-order valence-electron chi connectivity index (χ1n) is 8.12. The fraction of sp³-hybridized carbons (Fsp3) is 0.667. The summed E-state index contributed by atoms with van der Waals surface area (Å²) in [6.07, 6.45) is 6.08. The minimum Gasteiger partial charge on any atom is -0.497 e. The van der Waals surface area contributed by atoms with Crippen molar-refractivity contribution in [1.82, 2.24) is 0 Å². The first kappa shape index (κ1) is 13.4. The van der Waals surface area contributed by atoms with E-state index in [9.17, 15) is 5.11 Å². The van der Waals surface area contributed by atoms with Crippen LogP contribution in [-0.4, -0.2) is 19.3 Å². The number of hydrogen-bond donors (Lipinski definition) is 1. The maximum absolute atomic E-state index is 11.5. The normalized spacial score (nSPS) is 40.3. The van der Waals surface area contributed by atoms with Crippen molar-refractivity contribution in [3.63, 3.8) is 0 Å². The fourth-order valence-corrected chi connectivity index (χ4v) is 5.58. The van der Waals surface area contributed by atoms with E-state index in [0.717, 1.165) is 29.4 Å². The number of hydrogen-bond acceptors (Lipinski definition) is 3. The smallest absolute Gasteiger partial charge is 0.125 e. The van der Waals surface area contributed by atoms with Crippen molar-refractivity contribution in [3.8, 4) is 11.5 Å². The van der Waals surface area contributed by atoms with Crippen LogP contribution in [0, 0.1) is 23.7 Å². The van der Waals surface area contributed by atoms with Gasteiger partial charge in [-0.25, -0.2) is 0 Å². The molecule has 0 heterocycles. The molecule has 0 spiro atoms. The maximum atomic E-state index is 11.5. The van der Waals surface area contributed by atoms with Crippen LogP contribution in [0.4, 0.5) is 0 Å².